The maximum Gasteiger partial charge on any atom is 0.387 e. The number of fused-ring (bicyclic) bond motifs is 1. The monoisotopic (exact) mass is 556 g/mol. The first-order valence-corrected chi connectivity index (χ1v) is 13.7. The minimum atomic E-state index is -2.93. The van der Waals surface area contributed by atoms with Crippen LogP contribution in [0.4, 0.5) is 8.78 Å². The number of morpholine rings is 1. The standard InChI is InChI=1S/C29H34F2N4O5/c1-18-2-6-21(7-3-18)33-27(37)24-25(36)23-16-20(19-4-8-22(9-5-19)40-29(30)31)17-32-26(23)35(28(24)38)11-10-34-12-14-39-15-13-34/h4-5,8-9,16-18,21,29,36H,2-3,6-7,10-15H2,1H3,(H,33,37). The molecule has 2 aromatic heterocycles. The molecular formula is C29H34F2N4O5. The Morgan fingerprint density at radius 2 is 1.82 bits per heavy atom. The van der Waals surface area contributed by atoms with Gasteiger partial charge >= 0.3 is 6.61 Å². The number of nitrogens with one attached hydrogen (secondary N) is 1. The number of amides is 1. The van der Waals surface area contributed by atoms with Crippen LogP contribution in [-0.2, 0) is 11.3 Å². The number of benzene rings is 1. The van der Waals surface area contributed by atoms with Crippen LogP contribution in [0.5, 0.6) is 11.5 Å². The van der Waals surface area contributed by atoms with Crippen LogP contribution in [0.15, 0.2) is 41.3 Å². The Kier molecular flexibility index (Phi) is 8.60. The Balaban J connectivity index is 1.52. The van der Waals surface area contributed by atoms with Gasteiger partial charge in [0.1, 0.15) is 22.7 Å². The summed E-state index contributed by atoms with van der Waals surface area (Å²) in [4.78, 5) is 33.8. The highest BCUT2D eigenvalue weighted by Crippen LogP contribution is 2.31. The second-order valence-electron chi connectivity index (χ2n) is 10.6. The van der Waals surface area contributed by atoms with Crippen molar-refractivity contribution >= 4 is 16.9 Å². The quantitative estimate of drug-likeness (QED) is 0.432. The van der Waals surface area contributed by atoms with Crippen molar-refractivity contribution in [1.29, 1.82) is 0 Å². The van der Waals surface area contributed by atoms with E-state index in [1.54, 1.807) is 24.4 Å². The van der Waals surface area contributed by atoms with Gasteiger partial charge in [0.05, 0.1) is 18.6 Å². The number of pyridine rings is 2. The van der Waals surface area contributed by atoms with Gasteiger partial charge < -0.3 is 19.9 Å². The lowest BCUT2D eigenvalue weighted by molar-refractivity contribution is -0.0498. The van der Waals surface area contributed by atoms with Crippen molar-refractivity contribution in [2.45, 2.75) is 51.8 Å². The highest BCUT2D eigenvalue weighted by molar-refractivity contribution is 6.02. The fourth-order valence-electron chi connectivity index (χ4n) is 5.44. The molecule has 3 aromatic rings. The Labute approximate surface area is 230 Å². The third-order valence-corrected chi connectivity index (χ3v) is 7.81. The van der Waals surface area contributed by atoms with E-state index in [4.69, 9.17) is 4.74 Å². The lowest BCUT2D eigenvalue weighted by Crippen LogP contribution is -2.42. The van der Waals surface area contributed by atoms with E-state index in [9.17, 15) is 23.5 Å². The zero-order chi connectivity index (χ0) is 28.2. The van der Waals surface area contributed by atoms with Gasteiger partial charge in [0.25, 0.3) is 11.5 Å². The van der Waals surface area contributed by atoms with Gasteiger partial charge in [0, 0.05) is 44.0 Å². The molecule has 40 heavy (non-hydrogen) atoms. The van der Waals surface area contributed by atoms with E-state index in [0.29, 0.717) is 36.8 Å². The summed E-state index contributed by atoms with van der Waals surface area (Å²) in [6.45, 7) is 2.79. The lowest BCUT2D eigenvalue weighted by atomic mass is 9.87. The maximum atomic E-state index is 13.7. The first-order valence-electron chi connectivity index (χ1n) is 13.7. The number of halogens is 2. The normalized spacial score (nSPS) is 20.1. The minimum absolute atomic E-state index is 0.0170. The predicted octanol–water partition coefficient (Wildman–Crippen LogP) is 4.01. The summed E-state index contributed by atoms with van der Waals surface area (Å²) in [5.41, 5.74) is 0.600. The van der Waals surface area contributed by atoms with E-state index in [1.807, 2.05) is 0 Å². The van der Waals surface area contributed by atoms with E-state index in [2.05, 4.69) is 26.9 Å². The summed E-state index contributed by atoms with van der Waals surface area (Å²) in [5.74, 6) is -0.400. The van der Waals surface area contributed by atoms with Crippen LogP contribution >= 0.6 is 0 Å². The maximum absolute atomic E-state index is 13.7. The Hall–Kier alpha value is -3.57. The van der Waals surface area contributed by atoms with Gasteiger partial charge in [-0.3, -0.25) is 19.1 Å². The molecule has 214 valence electrons. The first kappa shape index (κ1) is 28.0. The van der Waals surface area contributed by atoms with Crippen molar-refractivity contribution in [3.8, 4) is 22.6 Å². The molecule has 0 bridgehead atoms. The number of nitrogens with zero attached hydrogens (tertiary/aromatic N) is 3. The molecule has 9 nitrogen and oxygen atoms in total. The average molecular weight is 557 g/mol. The zero-order valence-electron chi connectivity index (χ0n) is 22.4. The largest absolute Gasteiger partial charge is 0.506 e. The Morgan fingerprint density at radius 1 is 1.12 bits per heavy atom. The molecule has 2 fully saturated rings. The predicted molar refractivity (Wildman–Crippen MR) is 146 cm³/mol. The number of alkyl halides is 2. The summed E-state index contributed by atoms with van der Waals surface area (Å²) in [6, 6.07) is 7.63. The lowest BCUT2D eigenvalue weighted by Gasteiger charge is -2.28. The fraction of sp³-hybridized carbons (Fsp3) is 0.483. The second kappa shape index (κ2) is 12.3. The summed E-state index contributed by atoms with van der Waals surface area (Å²) >= 11 is 0. The molecule has 1 aromatic carbocycles. The zero-order valence-corrected chi connectivity index (χ0v) is 22.4. The van der Waals surface area contributed by atoms with Gasteiger partial charge in [-0.15, -0.1) is 0 Å². The fourth-order valence-corrected chi connectivity index (χ4v) is 5.44. The number of rotatable bonds is 8. The third kappa shape index (κ3) is 6.26. The molecule has 2 aliphatic rings. The van der Waals surface area contributed by atoms with Crippen LogP contribution in [0, 0.1) is 5.92 Å². The van der Waals surface area contributed by atoms with Gasteiger partial charge in [0.2, 0.25) is 0 Å². The third-order valence-electron chi connectivity index (χ3n) is 7.81. The van der Waals surface area contributed by atoms with Crippen LogP contribution in [0.25, 0.3) is 22.2 Å². The van der Waals surface area contributed by atoms with E-state index in [0.717, 1.165) is 38.8 Å². The Bertz CT molecular complexity index is 1400. The van der Waals surface area contributed by atoms with Crippen molar-refractivity contribution in [1.82, 2.24) is 19.8 Å². The second-order valence-corrected chi connectivity index (χ2v) is 10.6. The molecule has 1 amide bonds. The van der Waals surface area contributed by atoms with Crippen LogP contribution in [-0.4, -0.2) is 71.0 Å². The average Bonchev–Trinajstić information content (AvgIpc) is 2.95. The summed E-state index contributed by atoms with van der Waals surface area (Å²) < 4.78 is 36.4. The van der Waals surface area contributed by atoms with Gasteiger partial charge in [-0.25, -0.2) is 4.98 Å². The molecule has 0 atom stereocenters. The molecule has 1 aliphatic heterocycles. The van der Waals surface area contributed by atoms with Gasteiger partial charge in [0.15, 0.2) is 0 Å². The first-order chi connectivity index (χ1) is 19.3. The molecule has 0 spiro atoms. The highest BCUT2D eigenvalue weighted by atomic mass is 19.3. The molecule has 1 aliphatic carbocycles. The number of carbonyl (C=O) groups is 1. The van der Waals surface area contributed by atoms with Crippen molar-refractivity contribution in [2.75, 3.05) is 32.8 Å². The molecule has 0 unspecified atom stereocenters. The minimum Gasteiger partial charge on any atom is -0.506 e. The van der Waals surface area contributed by atoms with Crippen LogP contribution in [0.2, 0.25) is 0 Å². The molecule has 1 saturated heterocycles. The molecular weight excluding hydrogens is 522 g/mol. The van der Waals surface area contributed by atoms with Crippen molar-refractivity contribution in [3.63, 3.8) is 0 Å². The number of carbonyl (C=O) groups excluding carboxylic acids is 1. The van der Waals surface area contributed by atoms with E-state index in [-0.39, 0.29) is 34.9 Å². The molecule has 0 radical (unpaired) electrons. The number of ether oxygens (including phenoxy) is 2. The summed E-state index contributed by atoms with van der Waals surface area (Å²) in [7, 11) is 0. The van der Waals surface area contributed by atoms with Crippen molar-refractivity contribution in [3.05, 3.63) is 52.4 Å². The van der Waals surface area contributed by atoms with Gasteiger partial charge in [-0.05, 0) is 55.4 Å². The summed E-state index contributed by atoms with van der Waals surface area (Å²) in [5, 5.41) is 14.5. The van der Waals surface area contributed by atoms with E-state index >= 15 is 0 Å². The molecule has 5 rings (SSSR count). The van der Waals surface area contributed by atoms with E-state index < -0.39 is 23.8 Å². The summed E-state index contributed by atoms with van der Waals surface area (Å²) in [6.07, 6.45) is 5.19. The number of hydrogen-bond donors (Lipinski definition) is 2. The van der Waals surface area contributed by atoms with Crippen molar-refractivity contribution < 1.29 is 28.2 Å². The smallest absolute Gasteiger partial charge is 0.387 e. The molecule has 2 N–H and O–H groups in total. The number of aromatic hydroxyl groups is 1. The molecule has 3 heterocycles. The topological polar surface area (TPSA) is 106 Å². The number of aromatic nitrogens is 2. The highest BCUT2D eigenvalue weighted by Gasteiger charge is 2.27. The van der Waals surface area contributed by atoms with Crippen LogP contribution < -0.4 is 15.6 Å². The van der Waals surface area contributed by atoms with Crippen LogP contribution in [0.3, 0.4) is 0 Å². The number of hydrogen-bond acceptors (Lipinski definition) is 7. The van der Waals surface area contributed by atoms with Gasteiger partial charge in [-0.2, -0.15) is 8.78 Å². The molecule has 11 heteroatoms. The SMILES string of the molecule is CC1CCC(NC(=O)c2c(O)c3cc(-c4ccc(OC(F)F)cc4)cnc3n(CCN3CCOCC3)c2=O)CC1. The van der Waals surface area contributed by atoms with Gasteiger partial charge in [-0.1, -0.05) is 19.1 Å². The van der Waals surface area contributed by atoms with Crippen molar-refractivity contribution in [2.24, 2.45) is 5.92 Å². The Morgan fingerprint density at radius 3 is 2.50 bits per heavy atom. The van der Waals surface area contributed by atoms with Crippen LogP contribution in [0.1, 0.15) is 43.0 Å². The van der Waals surface area contributed by atoms with E-state index in [1.165, 1.54) is 16.7 Å². The molecule has 1 saturated carbocycles.